The van der Waals surface area contributed by atoms with Crippen molar-refractivity contribution in [2.45, 2.75) is 72.9 Å². The first-order valence-corrected chi connectivity index (χ1v) is 8.86. The molecule has 128 valence electrons. The number of aromatic nitrogens is 1. The molecule has 2 N–H and O–H groups in total. The molecule has 0 aliphatic heterocycles. The van der Waals surface area contributed by atoms with E-state index in [2.05, 4.69) is 43.3 Å². The van der Waals surface area contributed by atoms with Crippen LogP contribution >= 0.6 is 35.3 Å². The Morgan fingerprint density at radius 2 is 2.00 bits per heavy atom. The second-order valence-corrected chi connectivity index (χ2v) is 6.77. The van der Waals surface area contributed by atoms with Crippen LogP contribution in [0.15, 0.2) is 4.99 Å². The van der Waals surface area contributed by atoms with E-state index in [1.165, 1.54) is 30.6 Å². The molecule has 0 spiro atoms. The molecule has 1 aromatic heterocycles. The lowest BCUT2D eigenvalue weighted by molar-refractivity contribution is 0.547. The minimum Gasteiger partial charge on any atom is -0.357 e. The molecule has 0 aromatic carbocycles. The normalized spacial score (nSPS) is 12.7. The summed E-state index contributed by atoms with van der Waals surface area (Å²) in [4.78, 5) is 10.4. The van der Waals surface area contributed by atoms with Crippen molar-refractivity contribution in [2.24, 2.45) is 4.99 Å². The van der Waals surface area contributed by atoms with Gasteiger partial charge in [-0.2, -0.15) is 0 Å². The SMILES string of the molecule is CCCCCC(C)NC(=NCc1sc(C)nc1C)NCC.I. The summed E-state index contributed by atoms with van der Waals surface area (Å²) in [5, 5.41) is 7.93. The van der Waals surface area contributed by atoms with E-state index >= 15 is 0 Å². The predicted molar refractivity (Wildman–Crippen MR) is 109 cm³/mol. The van der Waals surface area contributed by atoms with Gasteiger partial charge in [0.2, 0.25) is 0 Å². The van der Waals surface area contributed by atoms with Crippen LogP contribution in [0.2, 0.25) is 0 Å². The predicted octanol–water partition coefficient (Wildman–Crippen LogP) is 4.40. The summed E-state index contributed by atoms with van der Waals surface area (Å²) in [5.74, 6) is 0.909. The summed E-state index contributed by atoms with van der Waals surface area (Å²) in [6, 6.07) is 0.457. The quantitative estimate of drug-likeness (QED) is 0.274. The molecule has 1 atom stereocenters. The first-order valence-electron chi connectivity index (χ1n) is 8.04. The van der Waals surface area contributed by atoms with Crippen LogP contribution in [0.3, 0.4) is 0 Å². The molecule has 1 heterocycles. The summed E-state index contributed by atoms with van der Waals surface area (Å²) in [5.41, 5.74) is 1.10. The maximum atomic E-state index is 4.69. The zero-order chi connectivity index (χ0) is 15.7. The minimum absolute atomic E-state index is 0. The van der Waals surface area contributed by atoms with Gasteiger partial charge >= 0.3 is 0 Å². The Labute approximate surface area is 156 Å². The second-order valence-electron chi connectivity index (χ2n) is 5.48. The summed E-state index contributed by atoms with van der Waals surface area (Å²) >= 11 is 1.74. The molecule has 1 unspecified atom stereocenters. The number of aryl methyl sites for hydroxylation is 2. The number of nitrogens with one attached hydrogen (secondary N) is 2. The lowest BCUT2D eigenvalue weighted by Gasteiger charge is -2.17. The number of thiazole rings is 1. The van der Waals surface area contributed by atoms with Gasteiger partial charge in [-0.15, -0.1) is 35.3 Å². The van der Waals surface area contributed by atoms with Crippen molar-refractivity contribution in [1.82, 2.24) is 15.6 Å². The molecule has 6 heteroatoms. The zero-order valence-electron chi connectivity index (χ0n) is 14.5. The molecule has 0 saturated carbocycles. The Hall–Kier alpha value is -0.370. The third kappa shape index (κ3) is 8.31. The molecule has 0 saturated heterocycles. The fourth-order valence-corrected chi connectivity index (χ4v) is 3.06. The van der Waals surface area contributed by atoms with Crippen LogP contribution in [-0.4, -0.2) is 23.5 Å². The maximum absolute atomic E-state index is 4.69. The molecule has 1 rings (SSSR count). The fourth-order valence-electron chi connectivity index (χ4n) is 2.20. The van der Waals surface area contributed by atoms with Crippen molar-refractivity contribution in [1.29, 1.82) is 0 Å². The molecular weight excluding hydrogens is 407 g/mol. The molecule has 0 amide bonds. The monoisotopic (exact) mass is 438 g/mol. The van der Waals surface area contributed by atoms with E-state index < -0.39 is 0 Å². The number of rotatable bonds is 8. The largest absolute Gasteiger partial charge is 0.357 e. The number of hydrogen-bond acceptors (Lipinski definition) is 3. The van der Waals surface area contributed by atoms with E-state index in [4.69, 9.17) is 4.99 Å². The summed E-state index contributed by atoms with van der Waals surface area (Å²) in [6.07, 6.45) is 5.04. The van der Waals surface area contributed by atoms with Crippen LogP contribution in [-0.2, 0) is 6.54 Å². The molecule has 0 radical (unpaired) electrons. The van der Waals surface area contributed by atoms with Gasteiger partial charge < -0.3 is 10.6 Å². The molecule has 0 aliphatic rings. The van der Waals surface area contributed by atoms with Crippen molar-refractivity contribution in [3.8, 4) is 0 Å². The van der Waals surface area contributed by atoms with Gasteiger partial charge in [-0.05, 0) is 34.1 Å². The number of guanidine groups is 1. The third-order valence-electron chi connectivity index (χ3n) is 3.35. The average molecular weight is 438 g/mol. The number of hydrogen-bond donors (Lipinski definition) is 2. The highest BCUT2D eigenvalue weighted by atomic mass is 127. The van der Waals surface area contributed by atoms with Gasteiger partial charge in [0.05, 0.1) is 17.2 Å². The van der Waals surface area contributed by atoms with E-state index in [9.17, 15) is 0 Å². The average Bonchev–Trinajstić information content (AvgIpc) is 2.75. The third-order valence-corrected chi connectivity index (χ3v) is 4.41. The second kappa shape index (κ2) is 12.1. The molecule has 0 fully saturated rings. The minimum atomic E-state index is 0. The zero-order valence-corrected chi connectivity index (χ0v) is 17.7. The highest BCUT2D eigenvalue weighted by Crippen LogP contribution is 2.17. The van der Waals surface area contributed by atoms with Crippen LogP contribution in [0.5, 0.6) is 0 Å². The summed E-state index contributed by atoms with van der Waals surface area (Å²) in [7, 11) is 0. The highest BCUT2D eigenvalue weighted by Gasteiger charge is 2.07. The molecule has 1 aromatic rings. The van der Waals surface area contributed by atoms with Crippen LogP contribution in [0, 0.1) is 13.8 Å². The Morgan fingerprint density at radius 1 is 1.27 bits per heavy atom. The van der Waals surface area contributed by atoms with Gasteiger partial charge in [0.15, 0.2) is 5.96 Å². The standard InChI is InChI=1S/C16H30N4S.HI/c1-6-8-9-10-12(3)19-16(17-7-2)18-11-15-13(4)20-14(5)21-15;/h12H,6-11H2,1-5H3,(H2,17,18,19);1H. The smallest absolute Gasteiger partial charge is 0.191 e. The molecule has 0 aliphatic carbocycles. The van der Waals surface area contributed by atoms with Crippen molar-refractivity contribution in [3.05, 3.63) is 15.6 Å². The van der Waals surface area contributed by atoms with Crippen molar-refractivity contribution in [2.75, 3.05) is 6.54 Å². The van der Waals surface area contributed by atoms with E-state index in [1.54, 1.807) is 11.3 Å². The summed E-state index contributed by atoms with van der Waals surface area (Å²) in [6.45, 7) is 12.3. The van der Waals surface area contributed by atoms with E-state index in [1.807, 2.05) is 6.92 Å². The molecular formula is C16H31IN4S. The Kier molecular flexibility index (Phi) is 11.9. The topological polar surface area (TPSA) is 49.3 Å². The molecule has 22 heavy (non-hydrogen) atoms. The van der Waals surface area contributed by atoms with Crippen LogP contribution in [0.25, 0.3) is 0 Å². The number of halogens is 1. The Bertz CT molecular complexity index is 445. The van der Waals surface area contributed by atoms with E-state index in [-0.39, 0.29) is 24.0 Å². The van der Waals surface area contributed by atoms with E-state index in [0.717, 1.165) is 23.2 Å². The van der Waals surface area contributed by atoms with Crippen molar-refractivity contribution in [3.63, 3.8) is 0 Å². The highest BCUT2D eigenvalue weighted by molar-refractivity contribution is 14.0. The van der Waals surface area contributed by atoms with Crippen molar-refractivity contribution < 1.29 is 0 Å². The van der Waals surface area contributed by atoms with Gasteiger partial charge in [-0.1, -0.05) is 26.2 Å². The van der Waals surface area contributed by atoms with Crippen LogP contribution in [0.1, 0.15) is 62.0 Å². The maximum Gasteiger partial charge on any atom is 0.191 e. The molecule has 0 bridgehead atoms. The van der Waals surface area contributed by atoms with Gasteiger partial charge in [0, 0.05) is 17.5 Å². The first kappa shape index (κ1) is 21.6. The number of unbranched alkanes of at least 4 members (excludes halogenated alkanes) is 2. The first-order chi connectivity index (χ1) is 10.1. The van der Waals surface area contributed by atoms with Gasteiger partial charge in [-0.25, -0.2) is 9.98 Å². The molecule has 4 nitrogen and oxygen atoms in total. The lowest BCUT2D eigenvalue weighted by Crippen LogP contribution is -2.42. The fraction of sp³-hybridized carbons (Fsp3) is 0.750. The lowest BCUT2D eigenvalue weighted by atomic mass is 10.1. The van der Waals surface area contributed by atoms with Crippen molar-refractivity contribution >= 4 is 41.3 Å². The number of aliphatic imine (C=N–C) groups is 1. The Morgan fingerprint density at radius 3 is 2.55 bits per heavy atom. The van der Waals surface area contributed by atoms with E-state index in [0.29, 0.717) is 12.6 Å². The van der Waals surface area contributed by atoms with Gasteiger partial charge in [-0.3, -0.25) is 0 Å². The van der Waals surface area contributed by atoms with Crippen LogP contribution < -0.4 is 10.6 Å². The van der Waals surface area contributed by atoms with Crippen LogP contribution in [0.4, 0.5) is 0 Å². The summed E-state index contributed by atoms with van der Waals surface area (Å²) < 4.78 is 0. The number of nitrogens with zero attached hydrogens (tertiary/aromatic N) is 2. The van der Waals surface area contributed by atoms with Gasteiger partial charge in [0.1, 0.15) is 0 Å². The Balaban J connectivity index is 0.00000441. The van der Waals surface area contributed by atoms with Gasteiger partial charge in [0.25, 0.3) is 0 Å².